The molecule has 1 aromatic rings. The largest absolute Gasteiger partial charge is 0.481 e. The van der Waals surface area contributed by atoms with Crippen molar-refractivity contribution >= 4 is 21.9 Å². The van der Waals surface area contributed by atoms with Crippen LogP contribution in [0.4, 0.5) is 0 Å². The van der Waals surface area contributed by atoms with Crippen LogP contribution in [0.2, 0.25) is 0 Å². The van der Waals surface area contributed by atoms with E-state index in [1.807, 2.05) is 0 Å². The van der Waals surface area contributed by atoms with Crippen molar-refractivity contribution in [3.05, 3.63) is 33.3 Å². The summed E-state index contributed by atoms with van der Waals surface area (Å²) in [6.45, 7) is 4.73. The quantitative estimate of drug-likeness (QED) is 0.882. The second-order valence-electron chi connectivity index (χ2n) is 4.67. The van der Waals surface area contributed by atoms with Gasteiger partial charge in [-0.05, 0) is 49.1 Å². The van der Waals surface area contributed by atoms with Gasteiger partial charge in [0.05, 0.1) is 5.92 Å². The third-order valence-electron chi connectivity index (χ3n) is 3.53. The van der Waals surface area contributed by atoms with Crippen LogP contribution in [0, 0.1) is 19.8 Å². The Labute approximate surface area is 109 Å². The Kier molecular flexibility index (Phi) is 3.54. The van der Waals surface area contributed by atoms with Crippen molar-refractivity contribution in [1.29, 1.82) is 0 Å². The molecular formula is C13H16BrNO2. The number of hydrogen-bond donors (Lipinski definition) is 2. The number of nitrogens with one attached hydrogen (secondary N) is 1. The molecule has 0 aliphatic carbocycles. The Morgan fingerprint density at radius 2 is 2.18 bits per heavy atom. The lowest BCUT2D eigenvalue weighted by molar-refractivity contribution is -0.141. The van der Waals surface area contributed by atoms with E-state index in [-0.39, 0.29) is 12.0 Å². The number of carboxylic acids is 1. The number of carbonyl (C=O) groups is 1. The van der Waals surface area contributed by atoms with Gasteiger partial charge in [-0.1, -0.05) is 15.9 Å². The van der Waals surface area contributed by atoms with Crippen molar-refractivity contribution in [2.24, 2.45) is 5.92 Å². The SMILES string of the molecule is Cc1cc(Br)cc(C2CC(C(=O)O)CN2)c1C. The molecule has 0 bridgehead atoms. The molecule has 1 fully saturated rings. The van der Waals surface area contributed by atoms with Gasteiger partial charge in [0.15, 0.2) is 0 Å². The summed E-state index contributed by atoms with van der Waals surface area (Å²) in [4.78, 5) is 10.9. The van der Waals surface area contributed by atoms with Crippen LogP contribution >= 0.6 is 15.9 Å². The molecule has 0 spiro atoms. The molecule has 1 saturated heterocycles. The van der Waals surface area contributed by atoms with E-state index in [1.165, 1.54) is 16.7 Å². The number of benzene rings is 1. The standard InChI is InChI=1S/C13H16BrNO2/c1-7-3-10(14)5-11(8(7)2)12-4-9(6-15-12)13(16)17/h3,5,9,12,15H,4,6H2,1-2H3,(H,16,17). The van der Waals surface area contributed by atoms with Gasteiger partial charge >= 0.3 is 5.97 Å². The summed E-state index contributed by atoms with van der Waals surface area (Å²) in [6.07, 6.45) is 0.673. The van der Waals surface area contributed by atoms with Crippen LogP contribution in [0.5, 0.6) is 0 Å². The fraction of sp³-hybridized carbons (Fsp3) is 0.462. The first kappa shape index (κ1) is 12.6. The maximum Gasteiger partial charge on any atom is 0.307 e. The zero-order chi connectivity index (χ0) is 12.6. The topological polar surface area (TPSA) is 49.3 Å². The molecular weight excluding hydrogens is 282 g/mol. The van der Waals surface area contributed by atoms with E-state index in [9.17, 15) is 4.79 Å². The van der Waals surface area contributed by atoms with E-state index in [1.54, 1.807) is 0 Å². The molecule has 0 aromatic heterocycles. The minimum Gasteiger partial charge on any atom is -0.481 e. The zero-order valence-electron chi connectivity index (χ0n) is 9.96. The van der Waals surface area contributed by atoms with E-state index in [2.05, 4.69) is 47.2 Å². The monoisotopic (exact) mass is 297 g/mol. The van der Waals surface area contributed by atoms with Gasteiger partial charge in [-0.25, -0.2) is 0 Å². The highest BCUT2D eigenvalue weighted by Gasteiger charge is 2.31. The minimum absolute atomic E-state index is 0.160. The predicted octanol–water partition coefficient (Wildman–Crippen LogP) is 2.80. The van der Waals surface area contributed by atoms with Crippen LogP contribution < -0.4 is 5.32 Å². The molecule has 0 radical (unpaired) electrons. The van der Waals surface area contributed by atoms with Gasteiger partial charge in [0, 0.05) is 17.1 Å². The van der Waals surface area contributed by atoms with Gasteiger partial charge in [0.2, 0.25) is 0 Å². The molecule has 17 heavy (non-hydrogen) atoms. The maximum atomic E-state index is 10.9. The summed E-state index contributed by atoms with van der Waals surface area (Å²) in [5.74, 6) is -0.969. The molecule has 0 amide bonds. The highest BCUT2D eigenvalue weighted by Crippen LogP contribution is 2.32. The van der Waals surface area contributed by atoms with Crippen LogP contribution in [0.3, 0.4) is 0 Å². The van der Waals surface area contributed by atoms with Gasteiger partial charge in [-0.3, -0.25) is 4.79 Å². The highest BCUT2D eigenvalue weighted by atomic mass is 79.9. The molecule has 1 aliphatic heterocycles. The van der Waals surface area contributed by atoms with Crippen LogP contribution in [-0.4, -0.2) is 17.6 Å². The average Bonchev–Trinajstić information content (AvgIpc) is 2.72. The van der Waals surface area contributed by atoms with Crippen molar-refractivity contribution in [2.45, 2.75) is 26.3 Å². The molecule has 0 saturated carbocycles. The summed E-state index contributed by atoms with van der Waals surface area (Å²) in [5, 5.41) is 12.3. The van der Waals surface area contributed by atoms with Crippen molar-refractivity contribution in [1.82, 2.24) is 5.32 Å². The lowest BCUT2D eigenvalue weighted by atomic mass is 9.94. The molecule has 92 valence electrons. The Morgan fingerprint density at radius 1 is 1.47 bits per heavy atom. The number of carboxylic acid groups (broad SMARTS) is 1. The van der Waals surface area contributed by atoms with Gasteiger partial charge in [-0.2, -0.15) is 0 Å². The van der Waals surface area contributed by atoms with E-state index >= 15 is 0 Å². The van der Waals surface area contributed by atoms with Crippen molar-refractivity contribution < 1.29 is 9.90 Å². The lowest BCUT2D eigenvalue weighted by Gasteiger charge is -2.16. The summed E-state index contributed by atoms with van der Waals surface area (Å²) in [7, 11) is 0. The summed E-state index contributed by atoms with van der Waals surface area (Å²) in [6, 6.07) is 4.33. The van der Waals surface area contributed by atoms with Crippen LogP contribution in [-0.2, 0) is 4.79 Å². The fourth-order valence-electron chi connectivity index (χ4n) is 2.36. The van der Waals surface area contributed by atoms with Crippen molar-refractivity contribution in [3.63, 3.8) is 0 Å². The van der Waals surface area contributed by atoms with Crippen LogP contribution in [0.1, 0.15) is 29.2 Å². The van der Waals surface area contributed by atoms with Crippen LogP contribution in [0.15, 0.2) is 16.6 Å². The second kappa shape index (κ2) is 4.78. The fourth-order valence-corrected chi connectivity index (χ4v) is 2.95. The predicted molar refractivity (Wildman–Crippen MR) is 70.1 cm³/mol. The van der Waals surface area contributed by atoms with Gasteiger partial charge < -0.3 is 10.4 Å². The average molecular weight is 298 g/mol. The molecule has 2 unspecified atom stereocenters. The molecule has 1 aromatic carbocycles. The zero-order valence-corrected chi connectivity index (χ0v) is 11.5. The Hall–Kier alpha value is -0.870. The molecule has 2 N–H and O–H groups in total. The minimum atomic E-state index is -0.704. The number of halogens is 1. The normalized spacial score (nSPS) is 23.9. The van der Waals surface area contributed by atoms with E-state index in [0.29, 0.717) is 13.0 Å². The van der Waals surface area contributed by atoms with Crippen LogP contribution in [0.25, 0.3) is 0 Å². The molecule has 3 nitrogen and oxygen atoms in total. The smallest absolute Gasteiger partial charge is 0.307 e. The highest BCUT2D eigenvalue weighted by molar-refractivity contribution is 9.10. The van der Waals surface area contributed by atoms with E-state index < -0.39 is 5.97 Å². The van der Waals surface area contributed by atoms with Gasteiger partial charge in [0.25, 0.3) is 0 Å². The third kappa shape index (κ3) is 2.53. The third-order valence-corrected chi connectivity index (χ3v) is 3.99. The summed E-state index contributed by atoms with van der Waals surface area (Å²) >= 11 is 3.49. The first-order valence-electron chi connectivity index (χ1n) is 5.72. The maximum absolute atomic E-state index is 10.9. The first-order chi connectivity index (χ1) is 7.99. The molecule has 2 rings (SSSR count). The van der Waals surface area contributed by atoms with Gasteiger partial charge in [-0.15, -0.1) is 0 Å². The number of rotatable bonds is 2. The molecule has 1 aliphatic rings. The lowest BCUT2D eigenvalue weighted by Crippen LogP contribution is -2.17. The number of aryl methyl sites for hydroxylation is 1. The summed E-state index contributed by atoms with van der Waals surface area (Å²) in [5.41, 5.74) is 3.69. The van der Waals surface area contributed by atoms with E-state index in [0.717, 1.165) is 4.47 Å². The molecule has 2 atom stereocenters. The Bertz CT molecular complexity index is 459. The Morgan fingerprint density at radius 3 is 2.76 bits per heavy atom. The molecule has 4 heteroatoms. The van der Waals surface area contributed by atoms with Crippen molar-refractivity contribution in [3.8, 4) is 0 Å². The first-order valence-corrected chi connectivity index (χ1v) is 6.51. The number of aliphatic carboxylic acids is 1. The second-order valence-corrected chi connectivity index (χ2v) is 5.58. The van der Waals surface area contributed by atoms with Gasteiger partial charge in [0.1, 0.15) is 0 Å². The molecule has 1 heterocycles. The van der Waals surface area contributed by atoms with Crippen molar-refractivity contribution in [2.75, 3.05) is 6.54 Å². The van der Waals surface area contributed by atoms with E-state index in [4.69, 9.17) is 5.11 Å². The Balaban J connectivity index is 2.27. The number of hydrogen-bond acceptors (Lipinski definition) is 2. The summed E-state index contributed by atoms with van der Waals surface area (Å²) < 4.78 is 1.05.